The van der Waals surface area contributed by atoms with Gasteiger partial charge in [-0.15, -0.1) is 16.7 Å². The molecule has 0 saturated carbocycles. The van der Waals surface area contributed by atoms with E-state index in [1.54, 1.807) is 13.3 Å². The van der Waals surface area contributed by atoms with Crippen LogP contribution in [0.3, 0.4) is 0 Å². The molecule has 2 aliphatic rings. The molecule has 162 valence electrons. The molecule has 0 spiro atoms. The first-order valence-corrected chi connectivity index (χ1v) is 11.1. The number of nitrogens with zero attached hydrogens (tertiary/aromatic N) is 6. The molecular formula is C24H23ClN6O. The molecule has 8 heteroatoms. The summed E-state index contributed by atoms with van der Waals surface area (Å²) in [5, 5.41) is 4.63. The Morgan fingerprint density at radius 1 is 1.12 bits per heavy atom. The van der Waals surface area contributed by atoms with Crippen molar-refractivity contribution in [2.75, 3.05) is 25.1 Å². The Hall–Kier alpha value is -3.37. The normalized spacial score (nSPS) is 17.1. The molecule has 0 radical (unpaired) electrons. The van der Waals surface area contributed by atoms with E-state index in [9.17, 15) is 0 Å². The van der Waals surface area contributed by atoms with Gasteiger partial charge in [0, 0.05) is 19.5 Å². The van der Waals surface area contributed by atoms with Crippen molar-refractivity contribution in [1.82, 2.24) is 24.7 Å². The highest BCUT2D eigenvalue weighted by Gasteiger charge is 2.20. The topological polar surface area (TPSA) is 69.0 Å². The summed E-state index contributed by atoms with van der Waals surface area (Å²) in [5.41, 5.74) is 3.44. The highest BCUT2D eigenvalue weighted by Crippen LogP contribution is 2.21. The molecule has 0 amide bonds. The van der Waals surface area contributed by atoms with Crippen molar-refractivity contribution in [3.63, 3.8) is 0 Å². The molecule has 7 nitrogen and oxygen atoms in total. The van der Waals surface area contributed by atoms with E-state index in [0.717, 1.165) is 54.6 Å². The van der Waals surface area contributed by atoms with Crippen LogP contribution < -0.4 is 9.64 Å². The lowest BCUT2D eigenvalue weighted by Gasteiger charge is -2.16. The number of benzene rings is 1. The van der Waals surface area contributed by atoms with Crippen LogP contribution in [0.25, 0.3) is 6.08 Å². The van der Waals surface area contributed by atoms with E-state index < -0.39 is 0 Å². The third-order valence-electron chi connectivity index (χ3n) is 5.56. The number of methoxy groups -OCH3 is 1. The van der Waals surface area contributed by atoms with Gasteiger partial charge in [-0.3, -0.25) is 4.98 Å². The standard InChI is InChI=1S/C24H23ClN6O/c1-32-20-8-4-17(5-9-20)16-31-24(30-12-2-3-13-30)28-23(29-31)11-7-19-15-26-21-10-6-18(25)14-22(21)27-19/h4-6,8-10,15,18H,2-3,12-14,16H2,1H3. The molecule has 3 heterocycles. The van der Waals surface area contributed by atoms with Crippen LogP contribution in [0, 0.1) is 11.8 Å². The van der Waals surface area contributed by atoms with E-state index in [2.05, 4.69) is 31.8 Å². The quantitative estimate of drug-likeness (QED) is 0.452. The van der Waals surface area contributed by atoms with Gasteiger partial charge in [-0.1, -0.05) is 18.2 Å². The summed E-state index contributed by atoms with van der Waals surface area (Å²) in [6, 6.07) is 8.00. The van der Waals surface area contributed by atoms with Gasteiger partial charge in [0.2, 0.25) is 11.8 Å². The molecule has 1 saturated heterocycles. The summed E-state index contributed by atoms with van der Waals surface area (Å²) in [6.07, 6.45) is 8.51. The van der Waals surface area contributed by atoms with E-state index >= 15 is 0 Å². The number of alkyl halides is 1. The highest BCUT2D eigenvalue weighted by molar-refractivity contribution is 6.22. The lowest BCUT2D eigenvalue weighted by atomic mass is 10.1. The Bertz CT molecular complexity index is 1200. The average Bonchev–Trinajstić information content (AvgIpc) is 3.48. The van der Waals surface area contributed by atoms with Gasteiger partial charge in [0.05, 0.1) is 36.6 Å². The van der Waals surface area contributed by atoms with Gasteiger partial charge in [0.25, 0.3) is 0 Å². The van der Waals surface area contributed by atoms with Crippen LogP contribution in [0.2, 0.25) is 0 Å². The van der Waals surface area contributed by atoms with Crippen molar-refractivity contribution < 1.29 is 4.74 Å². The molecule has 1 aliphatic carbocycles. The second kappa shape index (κ2) is 9.01. The predicted molar refractivity (Wildman–Crippen MR) is 124 cm³/mol. The first-order chi connectivity index (χ1) is 15.7. The Labute approximate surface area is 192 Å². The second-order valence-corrected chi connectivity index (χ2v) is 8.41. The molecule has 32 heavy (non-hydrogen) atoms. The second-order valence-electron chi connectivity index (χ2n) is 7.85. The number of allylic oxidation sites excluding steroid dienone is 1. The van der Waals surface area contributed by atoms with Crippen LogP contribution in [0.1, 0.15) is 41.3 Å². The van der Waals surface area contributed by atoms with Crippen LogP contribution >= 0.6 is 11.6 Å². The SMILES string of the molecule is COc1ccc(Cn2nc(C#Cc3cnc4c(n3)CC(Cl)C=C4)nc2N2CCCC2)cc1. The van der Waals surface area contributed by atoms with Gasteiger partial charge in [0.15, 0.2) is 0 Å². The third kappa shape index (κ3) is 4.46. The number of hydrogen-bond donors (Lipinski definition) is 0. The Kier molecular flexibility index (Phi) is 5.78. The van der Waals surface area contributed by atoms with Crippen LogP contribution in [0.15, 0.2) is 36.5 Å². The maximum absolute atomic E-state index is 6.21. The van der Waals surface area contributed by atoms with E-state index in [1.165, 1.54) is 0 Å². The number of hydrogen-bond acceptors (Lipinski definition) is 6. The highest BCUT2D eigenvalue weighted by atomic mass is 35.5. The zero-order chi connectivity index (χ0) is 21.9. The number of halogens is 1. The number of aromatic nitrogens is 5. The Balaban J connectivity index is 1.42. The van der Waals surface area contributed by atoms with Crippen LogP contribution in [-0.4, -0.2) is 50.3 Å². The summed E-state index contributed by atoms with van der Waals surface area (Å²) in [4.78, 5) is 16.1. The maximum Gasteiger partial charge on any atom is 0.227 e. The maximum atomic E-state index is 6.21. The molecule has 1 fully saturated rings. The molecule has 1 atom stereocenters. The zero-order valence-corrected chi connectivity index (χ0v) is 18.6. The smallest absolute Gasteiger partial charge is 0.227 e. The predicted octanol–water partition coefficient (Wildman–Crippen LogP) is 3.30. The number of rotatable bonds is 4. The first kappa shape index (κ1) is 20.5. The summed E-state index contributed by atoms with van der Waals surface area (Å²) in [7, 11) is 1.67. The average molecular weight is 447 g/mol. The summed E-state index contributed by atoms with van der Waals surface area (Å²) < 4.78 is 7.19. The minimum absolute atomic E-state index is 0.0571. The van der Waals surface area contributed by atoms with Gasteiger partial charge in [-0.2, -0.15) is 4.98 Å². The lowest BCUT2D eigenvalue weighted by molar-refractivity contribution is 0.414. The third-order valence-corrected chi connectivity index (χ3v) is 5.86. The van der Waals surface area contributed by atoms with Gasteiger partial charge in [-0.25, -0.2) is 9.67 Å². The summed E-state index contributed by atoms with van der Waals surface area (Å²) in [5.74, 6) is 8.32. The van der Waals surface area contributed by atoms with Crippen molar-refractivity contribution >= 4 is 23.6 Å². The van der Waals surface area contributed by atoms with Gasteiger partial charge in [0.1, 0.15) is 11.4 Å². The largest absolute Gasteiger partial charge is 0.497 e. The fourth-order valence-electron chi connectivity index (χ4n) is 3.90. The van der Waals surface area contributed by atoms with Crippen LogP contribution in [0.4, 0.5) is 5.95 Å². The summed E-state index contributed by atoms with van der Waals surface area (Å²) >= 11 is 6.21. The molecule has 3 aromatic rings. The van der Waals surface area contributed by atoms with Gasteiger partial charge < -0.3 is 9.64 Å². The first-order valence-electron chi connectivity index (χ1n) is 10.7. The number of anilines is 1. The molecule has 1 aliphatic heterocycles. The van der Waals surface area contributed by atoms with Crippen molar-refractivity contribution in [1.29, 1.82) is 0 Å². The monoisotopic (exact) mass is 446 g/mol. The fraction of sp³-hybridized carbons (Fsp3) is 0.333. The number of fused-ring (bicyclic) bond motifs is 1. The van der Waals surface area contributed by atoms with Crippen molar-refractivity contribution in [2.24, 2.45) is 0 Å². The van der Waals surface area contributed by atoms with E-state index in [0.29, 0.717) is 24.5 Å². The minimum Gasteiger partial charge on any atom is -0.497 e. The molecule has 1 unspecified atom stereocenters. The molecule has 0 N–H and O–H groups in total. The Morgan fingerprint density at radius 2 is 1.94 bits per heavy atom. The molecule has 1 aromatic carbocycles. The Morgan fingerprint density at radius 3 is 2.72 bits per heavy atom. The molecular weight excluding hydrogens is 424 g/mol. The molecule has 0 bridgehead atoms. The van der Waals surface area contributed by atoms with Crippen LogP contribution in [0.5, 0.6) is 5.75 Å². The van der Waals surface area contributed by atoms with Gasteiger partial charge >= 0.3 is 0 Å². The van der Waals surface area contributed by atoms with Crippen LogP contribution in [-0.2, 0) is 13.0 Å². The van der Waals surface area contributed by atoms with E-state index in [4.69, 9.17) is 21.3 Å². The minimum atomic E-state index is -0.0571. The van der Waals surface area contributed by atoms with E-state index in [1.807, 2.05) is 41.1 Å². The molecule has 5 rings (SSSR count). The van der Waals surface area contributed by atoms with Crippen molar-refractivity contribution in [3.05, 3.63) is 65.0 Å². The van der Waals surface area contributed by atoms with Crippen molar-refractivity contribution in [3.8, 4) is 17.6 Å². The summed E-state index contributed by atoms with van der Waals surface area (Å²) in [6.45, 7) is 2.59. The lowest BCUT2D eigenvalue weighted by Crippen LogP contribution is -2.22. The number of ether oxygens (including phenoxy) is 1. The zero-order valence-electron chi connectivity index (χ0n) is 17.8. The molecule has 2 aromatic heterocycles. The van der Waals surface area contributed by atoms with Crippen molar-refractivity contribution in [2.45, 2.75) is 31.2 Å². The van der Waals surface area contributed by atoms with E-state index in [-0.39, 0.29) is 5.38 Å². The fourth-order valence-corrected chi connectivity index (χ4v) is 4.12. The van der Waals surface area contributed by atoms with Gasteiger partial charge in [-0.05, 0) is 48.5 Å².